The lowest BCUT2D eigenvalue weighted by Crippen LogP contribution is -2.46. The standard InChI is InChI=1S/C27H32F4N5/c1-17-24-13-21-20-5-2-3-6-22(20)34-25(21)26(36(17,24)16-27(29,30)31)23-8-7-18(14-32-23)33-19-9-12-35(15-19)11-4-10-28/h2-3,5-8,14,17,19,24,26,33-34H,4,9-13,15-16H2,1H3/q+1/t17-,19+,24?,26-,36?/m1/s1. The first-order chi connectivity index (χ1) is 17.3. The van der Waals surface area contributed by atoms with E-state index in [0.29, 0.717) is 18.5 Å². The van der Waals surface area contributed by atoms with E-state index in [9.17, 15) is 17.6 Å². The van der Waals surface area contributed by atoms with Crippen LogP contribution in [0, 0.1) is 0 Å². The number of anilines is 1. The molecule has 5 heterocycles. The Hall–Kier alpha value is -2.65. The molecule has 5 atom stereocenters. The van der Waals surface area contributed by atoms with Gasteiger partial charge in [-0.15, -0.1) is 0 Å². The van der Waals surface area contributed by atoms with Crippen LogP contribution in [0.15, 0.2) is 42.6 Å². The fourth-order valence-corrected chi connectivity index (χ4v) is 6.94. The van der Waals surface area contributed by atoms with Gasteiger partial charge < -0.3 is 15.2 Å². The van der Waals surface area contributed by atoms with Crippen LogP contribution >= 0.6 is 0 Å². The van der Waals surface area contributed by atoms with Gasteiger partial charge in [-0.05, 0) is 43.5 Å². The van der Waals surface area contributed by atoms with Crippen molar-refractivity contribution in [2.45, 2.75) is 56.5 Å². The van der Waals surface area contributed by atoms with Gasteiger partial charge in [0.1, 0.15) is 17.8 Å². The molecule has 192 valence electrons. The van der Waals surface area contributed by atoms with Crippen LogP contribution in [0.5, 0.6) is 0 Å². The number of alkyl halides is 4. The third kappa shape index (κ3) is 3.96. The molecular formula is C27H32F4N5+. The van der Waals surface area contributed by atoms with Crippen molar-refractivity contribution in [1.29, 1.82) is 0 Å². The molecule has 0 saturated carbocycles. The van der Waals surface area contributed by atoms with Crippen molar-refractivity contribution in [1.82, 2.24) is 14.9 Å². The van der Waals surface area contributed by atoms with E-state index in [-0.39, 0.29) is 29.3 Å². The Morgan fingerprint density at radius 3 is 2.78 bits per heavy atom. The number of aromatic amines is 1. The van der Waals surface area contributed by atoms with Gasteiger partial charge in [0, 0.05) is 43.0 Å². The minimum Gasteiger partial charge on any atom is -0.380 e. The third-order valence-corrected chi connectivity index (χ3v) is 8.63. The van der Waals surface area contributed by atoms with E-state index >= 15 is 0 Å². The Morgan fingerprint density at radius 2 is 2.03 bits per heavy atom. The smallest absolute Gasteiger partial charge is 0.380 e. The summed E-state index contributed by atoms with van der Waals surface area (Å²) < 4.78 is 54.1. The maximum atomic E-state index is 13.9. The number of hydrogen-bond acceptors (Lipinski definition) is 3. The van der Waals surface area contributed by atoms with Crippen LogP contribution in [0.3, 0.4) is 0 Å². The summed E-state index contributed by atoms with van der Waals surface area (Å²) in [7, 11) is 0. The molecule has 2 N–H and O–H groups in total. The van der Waals surface area contributed by atoms with Gasteiger partial charge in [0.15, 0.2) is 12.6 Å². The Morgan fingerprint density at radius 1 is 1.19 bits per heavy atom. The molecule has 2 aromatic heterocycles. The molecule has 0 radical (unpaired) electrons. The van der Waals surface area contributed by atoms with Gasteiger partial charge in [-0.3, -0.25) is 13.9 Å². The average Bonchev–Trinajstić information content (AvgIpc) is 3.18. The Labute approximate surface area is 208 Å². The van der Waals surface area contributed by atoms with E-state index in [1.165, 1.54) is 0 Å². The molecule has 2 fully saturated rings. The predicted molar refractivity (Wildman–Crippen MR) is 132 cm³/mol. The molecule has 6 rings (SSSR count). The molecule has 9 heteroatoms. The van der Waals surface area contributed by atoms with Crippen LogP contribution in [0.25, 0.3) is 10.9 Å². The van der Waals surface area contributed by atoms with Gasteiger partial charge in [-0.25, -0.2) is 0 Å². The first kappa shape index (κ1) is 23.7. The molecule has 0 aliphatic carbocycles. The number of nitrogens with one attached hydrogen (secondary N) is 2. The molecule has 3 aromatic rings. The summed E-state index contributed by atoms with van der Waals surface area (Å²) in [4.78, 5) is 10.5. The zero-order valence-corrected chi connectivity index (χ0v) is 20.4. The van der Waals surface area contributed by atoms with Gasteiger partial charge in [0.25, 0.3) is 0 Å². The maximum Gasteiger partial charge on any atom is 0.438 e. The number of rotatable bonds is 7. The van der Waals surface area contributed by atoms with Crippen LogP contribution < -0.4 is 5.32 Å². The van der Waals surface area contributed by atoms with Crippen LogP contribution in [-0.2, 0) is 6.42 Å². The van der Waals surface area contributed by atoms with E-state index < -0.39 is 18.8 Å². The number of aromatic nitrogens is 2. The summed E-state index contributed by atoms with van der Waals surface area (Å²) in [5.74, 6) is 0. The van der Waals surface area contributed by atoms with Crippen molar-refractivity contribution in [3.05, 3.63) is 59.5 Å². The monoisotopic (exact) mass is 502 g/mol. The molecule has 0 bridgehead atoms. The second-order valence-corrected chi connectivity index (χ2v) is 10.7. The largest absolute Gasteiger partial charge is 0.438 e. The van der Waals surface area contributed by atoms with E-state index in [2.05, 4.69) is 21.3 Å². The number of pyridine rings is 1. The summed E-state index contributed by atoms with van der Waals surface area (Å²) in [6.07, 6.45) is -0.336. The maximum absolute atomic E-state index is 13.9. The Balaban J connectivity index is 1.31. The SMILES string of the molecule is C[C@@H]1C2Cc3c([nH]c4ccccc34)[C@@H](c3ccc(N[C@H]4CCN(CCCF)C4)cn3)[N+]21CC(F)(F)F. The first-order valence-corrected chi connectivity index (χ1v) is 12.8. The van der Waals surface area contributed by atoms with Gasteiger partial charge in [0.05, 0.1) is 24.3 Å². The summed E-state index contributed by atoms with van der Waals surface area (Å²) in [6, 6.07) is 11.4. The third-order valence-electron chi connectivity index (χ3n) is 8.63. The predicted octanol–water partition coefficient (Wildman–Crippen LogP) is 5.20. The molecule has 3 aliphatic heterocycles. The number of para-hydroxylation sites is 1. The van der Waals surface area contributed by atoms with E-state index in [1.54, 1.807) is 6.20 Å². The molecule has 36 heavy (non-hydrogen) atoms. The fraction of sp³-hybridized carbons (Fsp3) is 0.519. The molecule has 1 aromatic carbocycles. The van der Waals surface area contributed by atoms with Crippen molar-refractivity contribution < 1.29 is 22.0 Å². The lowest BCUT2D eigenvalue weighted by Gasteiger charge is -2.34. The molecule has 0 spiro atoms. The van der Waals surface area contributed by atoms with Crippen LogP contribution in [-0.4, -0.2) is 76.5 Å². The number of benzene rings is 1. The second-order valence-electron chi connectivity index (χ2n) is 10.7. The van der Waals surface area contributed by atoms with Gasteiger partial charge in [-0.1, -0.05) is 18.2 Å². The number of H-pyrrole nitrogens is 1. The number of fused-ring (bicyclic) bond motifs is 4. The number of likely N-dealkylation sites (tertiary alicyclic amines) is 1. The average molecular weight is 503 g/mol. The quantitative estimate of drug-likeness (QED) is 0.265. The van der Waals surface area contributed by atoms with Gasteiger partial charge in [-0.2, -0.15) is 13.2 Å². The lowest BCUT2D eigenvalue weighted by atomic mass is 9.94. The molecule has 5 nitrogen and oxygen atoms in total. The highest BCUT2D eigenvalue weighted by Gasteiger charge is 2.73. The highest BCUT2D eigenvalue weighted by atomic mass is 19.4. The molecule has 3 aliphatic rings. The second kappa shape index (κ2) is 8.73. The molecule has 2 saturated heterocycles. The summed E-state index contributed by atoms with van der Waals surface area (Å²) in [6.45, 7) is 3.35. The number of hydrogen-bond donors (Lipinski definition) is 2. The summed E-state index contributed by atoms with van der Waals surface area (Å²) in [5.41, 5.74) is 4.49. The number of halogens is 4. The van der Waals surface area contributed by atoms with Crippen LogP contribution in [0.4, 0.5) is 23.2 Å². The van der Waals surface area contributed by atoms with E-state index in [4.69, 9.17) is 4.98 Å². The minimum atomic E-state index is -4.26. The highest BCUT2D eigenvalue weighted by Crippen LogP contribution is 2.58. The fourth-order valence-electron chi connectivity index (χ4n) is 6.94. The molecular weight excluding hydrogens is 470 g/mol. The van der Waals surface area contributed by atoms with Crippen molar-refractivity contribution in [2.24, 2.45) is 0 Å². The topological polar surface area (TPSA) is 44.0 Å². The zero-order chi connectivity index (χ0) is 25.1. The number of nitrogens with zero attached hydrogens (tertiary/aromatic N) is 3. The highest BCUT2D eigenvalue weighted by molar-refractivity contribution is 5.85. The minimum absolute atomic E-state index is 0.0186. The van der Waals surface area contributed by atoms with Gasteiger partial charge in [0.2, 0.25) is 0 Å². The lowest BCUT2D eigenvalue weighted by molar-refractivity contribution is -0.866. The Bertz CT molecular complexity index is 1240. The summed E-state index contributed by atoms with van der Waals surface area (Å²) in [5, 5.41) is 4.60. The van der Waals surface area contributed by atoms with Gasteiger partial charge >= 0.3 is 6.18 Å². The zero-order valence-electron chi connectivity index (χ0n) is 20.4. The molecule has 0 amide bonds. The normalized spacial score (nSPS) is 29.8. The van der Waals surface area contributed by atoms with Crippen LogP contribution in [0.2, 0.25) is 0 Å². The summed E-state index contributed by atoms with van der Waals surface area (Å²) >= 11 is 0. The first-order valence-electron chi connectivity index (χ1n) is 12.8. The van der Waals surface area contributed by atoms with Crippen LogP contribution in [0.1, 0.15) is 42.8 Å². The van der Waals surface area contributed by atoms with E-state index in [1.807, 2.05) is 37.3 Å². The molecule has 2 unspecified atom stereocenters. The Kier molecular flexibility index (Phi) is 5.75. The van der Waals surface area contributed by atoms with Crippen molar-refractivity contribution in [2.75, 3.05) is 38.2 Å². The van der Waals surface area contributed by atoms with E-state index in [0.717, 1.165) is 53.9 Å². The number of quaternary nitrogens is 1. The van der Waals surface area contributed by atoms with Crippen molar-refractivity contribution >= 4 is 16.6 Å². The van der Waals surface area contributed by atoms with Crippen molar-refractivity contribution in [3.8, 4) is 0 Å². The van der Waals surface area contributed by atoms with Crippen molar-refractivity contribution in [3.63, 3.8) is 0 Å².